The first-order valence-electron chi connectivity index (χ1n) is 14.9. The molecule has 0 unspecified atom stereocenters. The van der Waals surface area contributed by atoms with Gasteiger partial charge in [-0.15, -0.1) is 0 Å². The third kappa shape index (κ3) is 9.46. The summed E-state index contributed by atoms with van der Waals surface area (Å²) in [7, 11) is 3.23. The van der Waals surface area contributed by atoms with Gasteiger partial charge in [-0.25, -0.2) is 0 Å². The van der Waals surface area contributed by atoms with Crippen molar-refractivity contribution in [3.63, 3.8) is 0 Å². The Morgan fingerprint density at radius 1 is 1.02 bits per heavy atom. The Bertz CT molecular complexity index is 1480. The number of phenolic OH excluding ortho intramolecular Hbond substituents is 1. The lowest BCUT2D eigenvalue weighted by Crippen LogP contribution is -2.50. The summed E-state index contributed by atoms with van der Waals surface area (Å²) in [6, 6.07) is 18.7. The molecule has 45 heavy (non-hydrogen) atoms. The number of amides is 4. The van der Waals surface area contributed by atoms with E-state index in [-0.39, 0.29) is 68.7 Å². The third-order valence-corrected chi connectivity index (χ3v) is 7.56. The van der Waals surface area contributed by atoms with Gasteiger partial charge in [-0.3, -0.25) is 19.2 Å². The summed E-state index contributed by atoms with van der Waals surface area (Å²) in [5.74, 6) is -0.579. The molecule has 238 valence electrons. The van der Waals surface area contributed by atoms with Crippen LogP contribution in [0.1, 0.15) is 34.3 Å². The van der Waals surface area contributed by atoms with Crippen molar-refractivity contribution in [2.75, 3.05) is 40.4 Å². The summed E-state index contributed by atoms with van der Waals surface area (Å²) in [6.07, 6.45) is 0.0753. The molecule has 4 amide bonds. The molecule has 0 fully saturated rings. The number of ether oxygens (including phenoxy) is 2. The quantitative estimate of drug-likeness (QED) is 0.371. The summed E-state index contributed by atoms with van der Waals surface area (Å²) >= 11 is 0. The van der Waals surface area contributed by atoms with Crippen LogP contribution >= 0.6 is 0 Å². The smallest absolute Gasteiger partial charge is 0.255 e. The zero-order chi connectivity index (χ0) is 32.3. The SMILES string of the molecule is Cc1ccc(OCCN(C)C(=O)[C@@H]2CCC(=O)N[C@@H](Cc3ccc(O)cc3)C(=O)N(C)CCOc3ccccc3C(=O)N2)cc1. The Morgan fingerprint density at radius 2 is 1.73 bits per heavy atom. The van der Waals surface area contributed by atoms with Gasteiger partial charge < -0.3 is 35.0 Å². The van der Waals surface area contributed by atoms with Crippen LogP contribution < -0.4 is 20.1 Å². The number of aromatic hydroxyl groups is 1. The van der Waals surface area contributed by atoms with E-state index in [2.05, 4.69) is 10.6 Å². The molecule has 0 saturated heterocycles. The molecule has 0 radical (unpaired) electrons. The number of para-hydroxylation sites is 1. The van der Waals surface area contributed by atoms with Gasteiger partial charge in [0.25, 0.3) is 5.91 Å². The molecule has 2 atom stereocenters. The van der Waals surface area contributed by atoms with Crippen molar-refractivity contribution >= 4 is 23.6 Å². The number of nitrogens with one attached hydrogen (secondary N) is 2. The highest BCUT2D eigenvalue weighted by Crippen LogP contribution is 2.19. The second-order valence-electron chi connectivity index (χ2n) is 11.1. The molecule has 0 aliphatic carbocycles. The van der Waals surface area contributed by atoms with Crippen molar-refractivity contribution in [3.8, 4) is 17.2 Å². The number of benzene rings is 3. The molecule has 0 bridgehead atoms. The Hall–Kier alpha value is -5.06. The molecule has 0 aromatic heterocycles. The lowest BCUT2D eigenvalue weighted by atomic mass is 10.0. The maximum Gasteiger partial charge on any atom is 0.255 e. The minimum absolute atomic E-state index is 0.00144. The molecule has 3 aromatic carbocycles. The van der Waals surface area contributed by atoms with Crippen LogP contribution in [0.3, 0.4) is 0 Å². The summed E-state index contributed by atoms with van der Waals surface area (Å²) in [6.45, 7) is 2.76. The average Bonchev–Trinajstić information content (AvgIpc) is 3.03. The lowest BCUT2D eigenvalue weighted by Gasteiger charge is -2.26. The number of carbonyl (C=O) groups excluding carboxylic acids is 4. The van der Waals surface area contributed by atoms with E-state index in [0.29, 0.717) is 11.5 Å². The summed E-state index contributed by atoms with van der Waals surface area (Å²) in [4.78, 5) is 56.6. The molecular formula is C34H40N4O7. The Labute approximate surface area is 263 Å². The number of rotatable bonds is 7. The van der Waals surface area contributed by atoms with Crippen molar-refractivity contribution in [2.24, 2.45) is 0 Å². The van der Waals surface area contributed by atoms with Gasteiger partial charge in [0.05, 0.1) is 18.7 Å². The number of hydrogen-bond donors (Lipinski definition) is 3. The van der Waals surface area contributed by atoms with Crippen molar-refractivity contribution in [3.05, 3.63) is 89.5 Å². The van der Waals surface area contributed by atoms with Crippen LogP contribution in [0.5, 0.6) is 17.2 Å². The van der Waals surface area contributed by atoms with Gasteiger partial charge in [0, 0.05) is 26.9 Å². The van der Waals surface area contributed by atoms with Crippen LogP contribution in [0.4, 0.5) is 0 Å². The minimum atomic E-state index is -1.03. The van der Waals surface area contributed by atoms with E-state index >= 15 is 0 Å². The molecule has 1 heterocycles. The van der Waals surface area contributed by atoms with Gasteiger partial charge >= 0.3 is 0 Å². The minimum Gasteiger partial charge on any atom is -0.508 e. The lowest BCUT2D eigenvalue weighted by molar-refractivity contribution is -0.136. The Balaban J connectivity index is 1.52. The molecule has 3 N–H and O–H groups in total. The monoisotopic (exact) mass is 616 g/mol. The van der Waals surface area contributed by atoms with Crippen LogP contribution in [0, 0.1) is 6.92 Å². The number of aryl methyl sites for hydroxylation is 1. The first-order valence-corrected chi connectivity index (χ1v) is 14.9. The van der Waals surface area contributed by atoms with E-state index in [4.69, 9.17) is 9.47 Å². The molecule has 3 aromatic rings. The maximum atomic E-state index is 13.6. The molecule has 11 nitrogen and oxygen atoms in total. The number of nitrogens with zero attached hydrogens (tertiary/aromatic N) is 2. The zero-order valence-corrected chi connectivity index (χ0v) is 25.8. The van der Waals surface area contributed by atoms with Gasteiger partial charge in [-0.1, -0.05) is 42.0 Å². The highest BCUT2D eigenvalue weighted by atomic mass is 16.5. The van der Waals surface area contributed by atoms with Gasteiger partial charge in [0.15, 0.2) is 0 Å². The largest absolute Gasteiger partial charge is 0.508 e. The van der Waals surface area contributed by atoms with E-state index in [0.717, 1.165) is 11.1 Å². The predicted octanol–water partition coefficient (Wildman–Crippen LogP) is 2.69. The normalized spacial score (nSPS) is 17.9. The van der Waals surface area contributed by atoms with E-state index in [1.807, 2.05) is 31.2 Å². The van der Waals surface area contributed by atoms with E-state index in [1.54, 1.807) is 50.5 Å². The van der Waals surface area contributed by atoms with E-state index in [9.17, 15) is 24.3 Å². The van der Waals surface area contributed by atoms with Crippen molar-refractivity contribution in [1.29, 1.82) is 0 Å². The standard InChI is InChI=1S/C34H40N4O7/c1-23-8-14-26(15-9-23)44-20-18-37(2)33(42)28-16-17-31(40)35-29(22-24-10-12-25(39)13-11-24)34(43)38(3)19-21-45-30-7-5-4-6-27(30)32(41)36-28/h4-15,28-29,39H,16-22H2,1-3H3,(H,35,40)(H,36,41)/t28-,29-/m0/s1. The second kappa shape index (κ2) is 15.6. The number of carbonyl (C=O) groups is 4. The summed E-state index contributed by atoms with van der Waals surface area (Å²) < 4.78 is 11.7. The third-order valence-electron chi connectivity index (χ3n) is 7.56. The predicted molar refractivity (Wildman–Crippen MR) is 168 cm³/mol. The van der Waals surface area contributed by atoms with Gasteiger partial charge in [-0.05, 0) is 55.3 Å². The molecular weight excluding hydrogens is 576 g/mol. The second-order valence-corrected chi connectivity index (χ2v) is 11.1. The zero-order valence-electron chi connectivity index (χ0n) is 25.8. The first-order chi connectivity index (χ1) is 21.6. The van der Waals surface area contributed by atoms with Crippen LogP contribution in [-0.2, 0) is 20.8 Å². The number of likely N-dealkylation sites (N-methyl/N-ethyl adjacent to an activating group) is 2. The highest BCUT2D eigenvalue weighted by molar-refractivity contribution is 5.99. The fraction of sp³-hybridized carbons (Fsp3) is 0.353. The van der Waals surface area contributed by atoms with E-state index in [1.165, 1.54) is 21.9 Å². The first kappa shape index (κ1) is 32.8. The maximum absolute atomic E-state index is 13.6. The van der Waals surface area contributed by atoms with Crippen molar-refractivity contribution in [1.82, 2.24) is 20.4 Å². The van der Waals surface area contributed by atoms with Gasteiger partial charge in [-0.2, -0.15) is 0 Å². The number of phenols is 1. The Kier molecular flexibility index (Phi) is 11.4. The topological polar surface area (TPSA) is 138 Å². The average molecular weight is 617 g/mol. The highest BCUT2D eigenvalue weighted by Gasteiger charge is 2.29. The Morgan fingerprint density at radius 3 is 2.47 bits per heavy atom. The van der Waals surface area contributed by atoms with Crippen molar-refractivity contribution in [2.45, 2.75) is 38.3 Å². The fourth-order valence-corrected chi connectivity index (χ4v) is 4.86. The molecule has 1 aliphatic heterocycles. The van der Waals surface area contributed by atoms with Crippen molar-refractivity contribution < 1.29 is 33.8 Å². The van der Waals surface area contributed by atoms with E-state index < -0.39 is 23.9 Å². The molecule has 4 rings (SSSR count). The summed E-state index contributed by atoms with van der Waals surface area (Å²) in [5.41, 5.74) is 2.09. The van der Waals surface area contributed by atoms with Crippen LogP contribution in [0.15, 0.2) is 72.8 Å². The molecule has 0 saturated carbocycles. The summed E-state index contributed by atoms with van der Waals surface area (Å²) in [5, 5.41) is 15.3. The number of hydrogen-bond acceptors (Lipinski definition) is 7. The molecule has 1 aliphatic rings. The van der Waals surface area contributed by atoms with Gasteiger partial charge in [0.2, 0.25) is 17.7 Å². The van der Waals surface area contributed by atoms with Crippen LogP contribution in [0.25, 0.3) is 0 Å². The van der Waals surface area contributed by atoms with Gasteiger partial charge in [0.1, 0.15) is 42.5 Å². The van der Waals surface area contributed by atoms with Crippen LogP contribution in [-0.4, -0.2) is 91.0 Å². The fourth-order valence-electron chi connectivity index (χ4n) is 4.86. The molecule has 0 spiro atoms. The van der Waals surface area contributed by atoms with Crippen LogP contribution in [0.2, 0.25) is 0 Å². The molecule has 11 heteroatoms. The number of fused-ring (bicyclic) bond motifs is 1.